The molecule has 0 aliphatic heterocycles. The monoisotopic (exact) mass is 300 g/mol. The molecule has 0 aromatic heterocycles. The van der Waals surface area contributed by atoms with E-state index >= 15 is 0 Å². The maximum atomic E-state index is 12.8. The first-order valence-electron chi connectivity index (χ1n) is 6.65. The second kappa shape index (κ2) is 5.30. The van der Waals surface area contributed by atoms with Crippen LogP contribution < -0.4 is 0 Å². The van der Waals surface area contributed by atoms with E-state index in [9.17, 15) is 18.0 Å². The topological polar surface area (TPSA) is 17.1 Å². The minimum Gasteiger partial charge on any atom is -0.298 e. The molecule has 4 heteroatoms. The Kier molecular flexibility index (Phi) is 3.45. The lowest BCUT2D eigenvalue weighted by Crippen LogP contribution is -2.04. The molecule has 0 spiro atoms. The largest absolute Gasteiger partial charge is 0.416 e. The van der Waals surface area contributed by atoms with Crippen LogP contribution in [0.2, 0.25) is 0 Å². The first-order chi connectivity index (χ1) is 10.5. The van der Waals surface area contributed by atoms with Gasteiger partial charge in [0.1, 0.15) is 0 Å². The Bertz CT molecular complexity index is 850. The van der Waals surface area contributed by atoms with Gasteiger partial charge in [-0.1, -0.05) is 48.5 Å². The Labute approximate surface area is 125 Å². The number of carbonyl (C=O) groups excluding carboxylic acids is 1. The normalized spacial score (nSPS) is 11.6. The molecule has 0 fully saturated rings. The molecule has 0 unspecified atom stereocenters. The van der Waals surface area contributed by atoms with Crippen LogP contribution in [0.3, 0.4) is 0 Å². The van der Waals surface area contributed by atoms with Gasteiger partial charge in [0.05, 0.1) is 5.56 Å². The van der Waals surface area contributed by atoms with Crippen LogP contribution >= 0.6 is 0 Å². The highest BCUT2D eigenvalue weighted by atomic mass is 19.4. The van der Waals surface area contributed by atoms with E-state index in [1.165, 1.54) is 6.07 Å². The van der Waals surface area contributed by atoms with E-state index in [2.05, 4.69) is 0 Å². The molecule has 0 N–H and O–H groups in total. The highest BCUT2D eigenvalue weighted by Crippen LogP contribution is 2.34. The van der Waals surface area contributed by atoms with Crippen molar-refractivity contribution in [1.29, 1.82) is 0 Å². The van der Waals surface area contributed by atoms with Crippen molar-refractivity contribution >= 4 is 17.1 Å². The average Bonchev–Trinajstić information content (AvgIpc) is 2.53. The Morgan fingerprint density at radius 1 is 0.864 bits per heavy atom. The van der Waals surface area contributed by atoms with Gasteiger partial charge in [-0.15, -0.1) is 0 Å². The summed E-state index contributed by atoms with van der Waals surface area (Å²) in [6.07, 6.45) is -3.72. The van der Waals surface area contributed by atoms with Crippen LogP contribution in [0, 0.1) is 0 Å². The number of hydrogen-bond acceptors (Lipinski definition) is 1. The summed E-state index contributed by atoms with van der Waals surface area (Å²) in [5.74, 6) is 0. The van der Waals surface area contributed by atoms with Crippen LogP contribution in [0.1, 0.15) is 15.9 Å². The van der Waals surface area contributed by atoms with Crippen molar-refractivity contribution in [2.24, 2.45) is 0 Å². The van der Waals surface area contributed by atoms with Crippen molar-refractivity contribution in [2.45, 2.75) is 6.18 Å². The highest BCUT2D eigenvalue weighted by Gasteiger charge is 2.30. The first kappa shape index (κ1) is 14.3. The van der Waals surface area contributed by atoms with E-state index in [0.29, 0.717) is 23.0 Å². The molecule has 0 radical (unpaired) electrons. The van der Waals surface area contributed by atoms with Gasteiger partial charge in [0, 0.05) is 5.56 Å². The van der Waals surface area contributed by atoms with E-state index in [-0.39, 0.29) is 0 Å². The van der Waals surface area contributed by atoms with Crippen LogP contribution in [0.5, 0.6) is 0 Å². The van der Waals surface area contributed by atoms with Crippen molar-refractivity contribution in [2.75, 3.05) is 0 Å². The van der Waals surface area contributed by atoms with Gasteiger partial charge in [-0.2, -0.15) is 13.2 Å². The summed E-state index contributed by atoms with van der Waals surface area (Å²) in [4.78, 5) is 11.5. The Morgan fingerprint density at radius 3 is 2.36 bits per heavy atom. The lowest BCUT2D eigenvalue weighted by Gasteiger charge is -2.12. The number of alkyl halides is 3. The fourth-order valence-electron chi connectivity index (χ4n) is 2.54. The molecule has 1 nitrogen and oxygen atoms in total. The summed E-state index contributed by atoms with van der Waals surface area (Å²) in [5, 5.41) is 1.60. The molecule has 22 heavy (non-hydrogen) atoms. The number of rotatable bonds is 2. The minimum absolute atomic E-state index is 0.377. The molecule has 3 aromatic carbocycles. The van der Waals surface area contributed by atoms with Gasteiger partial charge in [0.15, 0.2) is 6.29 Å². The van der Waals surface area contributed by atoms with Gasteiger partial charge in [-0.25, -0.2) is 0 Å². The van der Waals surface area contributed by atoms with E-state index in [1.807, 2.05) is 12.1 Å². The summed E-state index contributed by atoms with van der Waals surface area (Å²) in [6.45, 7) is 0. The zero-order valence-electron chi connectivity index (χ0n) is 11.4. The molecule has 0 saturated carbocycles. The number of benzene rings is 3. The predicted molar refractivity (Wildman–Crippen MR) is 79.8 cm³/mol. The van der Waals surface area contributed by atoms with Gasteiger partial charge in [0.2, 0.25) is 0 Å². The molecule has 3 aromatic rings. The molecule has 0 amide bonds. The maximum absolute atomic E-state index is 12.8. The van der Waals surface area contributed by atoms with Gasteiger partial charge < -0.3 is 0 Å². The molecule has 0 aliphatic carbocycles. The van der Waals surface area contributed by atoms with Gasteiger partial charge in [0.25, 0.3) is 0 Å². The number of hydrogen-bond donors (Lipinski definition) is 0. The zero-order valence-corrected chi connectivity index (χ0v) is 11.4. The second-order valence-corrected chi connectivity index (χ2v) is 4.94. The number of aldehydes is 1. The molecule has 0 saturated heterocycles. The van der Waals surface area contributed by atoms with Crippen molar-refractivity contribution in [1.82, 2.24) is 0 Å². The zero-order chi connectivity index (χ0) is 15.7. The summed E-state index contributed by atoms with van der Waals surface area (Å²) < 4.78 is 38.5. The quantitative estimate of drug-likeness (QED) is 0.584. The molecule has 3 rings (SSSR count). The van der Waals surface area contributed by atoms with E-state index in [1.54, 1.807) is 30.3 Å². The molecular formula is C18H11F3O. The first-order valence-corrected chi connectivity index (χ1v) is 6.65. The van der Waals surface area contributed by atoms with Gasteiger partial charge in [-0.05, 0) is 34.0 Å². The summed E-state index contributed by atoms with van der Waals surface area (Å²) in [5.41, 5.74) is 0.551. The Balaban J connectivity index is 2.24. The second-order valence-electron chi connectivity index (χ2n) is 4.94. The number of fused-ring (bicyclic) bond motifs is 1. The standard InChI is InChI=1S/C18H11F3O/c19-18(20,21)14-6-3-5-13(10-14)16-9-8-12-4-1-2-7-15(12)17(16)11-22/h1-11H. The summed E-state index contributed by atoms with van der Waals surface area (Å²) >= 11 is 0. The Morgan fingerprint density at radius 2 is 1.64 bits per heavy atom. The molecule has 0 atom stereocenters. The van der Waals surface area contributed by atoms with Crippen molar-refractivity contribution < 1.29 is 18.0 Å². The Hall–Kier alpha value is -2.62. The van der Waals surface area contributed by atoms with E-state index < -0.39 is 11.7 Å². The molecule has 110 valence electrons. The lowest BCUT2D eigenvalue weighted by molar-refractivity contribution is -0.137. The fraction of sp³-hybridized carbons (Fsp3) is 0.0556. The average molecular weight is 300 g/mol. The third kappa shape index (κ3) is 2.48. The van der Waals surface area contributed by atoms with E-state index in [4.69, 9.17) is 0 Å². The summed E-state index contributed by atoms with van der Waals surface area (Å²) in [6, 6.07) is 15.8. The smallest absolute Gasteiger partial charge is 0.298 e. The molecular weight excluding hydrogens is 289 g/mol. The van der Waals surface area contributed by atoms with Crippen LogP contribution in [-0.4, -0.2) is 6.29 Å². The third-order valence-electron chi connectivity index (χ3n) is 3.59. The van der Waals surface area contributed by atoms with Crippen molar-refractivity contribution in [3.8, 4) is 11.1 Å². The van der Waals surface area contributed by atoms with Crippen LogP contribution in [0.15, 0.2) is 60.7 Å². The SMILES string of the molecule is O=Cc1c(-c2cccc(C(F)(F)F)c2)ccc2ccccc12. The van der Waals surface area contributed by atoms with Crippen molar-refractivity contribution in [3.63, 3.8) is 0 Å². The molecule has 0 bridgehead atoms. The minimum atomic E-state index is -4.41. The van der Waals surface area contributed by atoms with Gasteiger partial charge >= 0.3 is 6.18 Å². The molecule has 0 aliphatic rings. The van der Waals surface area contributed by atoms with Crippen molar-refractivity contribution in [3.05, 3.63) is 71.8 Å². The third-order valence-corrected chi connectivity index (χ3v) is 3.59. The number of halogens is 3. The highest BCUT2D eigenvalue weighted by molar-refractivity contribution is 6.04. The van der Waals surface area contributed by atoms with Crippen LogP contribution in [0.4, 0.5) is 13.2 Å². The summed E-state index contributed by atoms with van der Waals surface area (Å²) in [7, 11) is 0. The van der Waals surface area contributed by atoms with Crippen LogP contribution in [-0.2, 0) is 6.18 Å². The maximum Gasteiger partial charge on any atom is 0.416 e. The lowest BCUT2D eigenvalue weighted by atomic mass is 9.94. The predicted octanol–water partition coefficient (Wildman–Crippen LogP) is 5.34. The van der Waals surface area contributed by atoms with Crippen LogP contribution in [0.25, 0.3) is 21.9 Å². The van der Waals surface area contributed by atoms with Gasteiger partial charge in [-0.3, -0.25) is 4.79 Å². The van der Waals surface area contributed by atoms with E-state index in [0.717, 1.165) is 22.9 Å². The molecule has 0 heterocycles. The fourth-order valence-corrected chi connectivity index (χ4v) is 2.54. The number of carbonyl (C=O) groups is 1.